The van der Waals surface area contributed by atoms with Crippen LogP contribution in [0.4, 0.5) is 10.2 Å². The van der Waals surface area contributed by atoms with Crippen molar-refractivity contribution in [1.82, 2.24) is 20.4 Å². The fraction of sp³-hybridized carbons (Fsp3) is 0. The van der Waals surface area contributed by atoms with Crippen LogP contribution in [0, 0.1) is 5.82 Å². The molecule has 0 unspecified atom stereocenters. The summed E-state index contributed by atoms with van der Waals surface area (Å²) < 4.78 is 13.2. The van der Waals surface area contributed by atoms with Crippen molar-refractivity contribution in [3.05, 3.63) is 24.1 Å². The van der Waals surface area contributed by atoms with Crippen LogP contribution in [0.3, 0.4) is 0 Å². The molecule has 13 heavy (non-hydrogen) atoms. The number of aromatic amines is 1. The van der Waals surface area contributed by atoms with Gasteiger partial charge < -0.3 is 5.73 Å². The van der Waals surface area contributed by atoms with Crippen molar-refractivity contribution < 1.29 is 4.39 Å². The number of nitrogens with one attached hydrogen (secondary N) is 1. The van der Waals surface area contributed by atoms with Gasteiger partial charge in [0.25, 0.3) is 0 Å². The van der Waals surface area contributed by atoms with Gasteiger partial charge in [-0.3, -0.25) is 5.10 Å². The zero-order valence-corrected chi connectivity index (χ0v) is 6.53. The summed E-state index contributed by atoms with van der Waals surface area (Å²) in [7, 11) is 0. The third kappa shape index (κ3) is 1.22. The Morgan fingerprint density at radius 3 is 2.85 bits per heavy atom. The maximum absolute atomic E-state index is 13.2. The van der Waals surface area contributed by atoms with Crippen LogP contribution < -0.4 is 5.73 Å². The zero-order chi connectivity index (χ0) is 9.26. The maximum atomic E-state index is 13.2. The predicted molar refractivity (Wildman–Crippen MR) is 44.0 cm³/mol. The van der Waals surface area contributed by atoms with E-state index in [2.05, 4.69) is 20.4 Å². The third-order valence-corrected chi connectivity index (χ3v) is 1.56. The molecular weight excluding hydrogens is 173 g/mol. The van der Waals surface area contributed by atoms with Crippen molar-refractivity contribution in [3.63, 3.8) is 0 Å². The number of nitrogen functional groups attached to an aromatic ring is 1. The van der Waals surface area contributed by atoms with Gasteiger partial charge in [-0.05, 0) is 12.1 Å². The molecule has 2 aromatic heterocycles. The van der Waals surface area contributed by atoms with E-state index in [1.165, 1.54) is 6.20 Å². The Hall–Kier alpha value is -1.98. The van der Waals surface area contributed by atoms with Crippen LogP contribution in [0.5, 0.6) is 0 Å². The second-order valence-corrected chi connectivity index (χ2v) is 2.41. The smallest absolute Gasteiger partial charge is 0.194 e. The van der Waals surface area contributed by atoms with Gasteiger partial charge in [0.2, 0.25) is 0 Å². The second-order valence-electron chi connectivity index (χ2n) is 2.41. The summed E-state index contributed by atoms with van der Waals surface area (Å²) in [6.07, 6.45) is 1.50. The van der Waals surface area contributed by atoms with E-state index in [1.54, 1.807) is 12.1 Å². The van der Waals surface area contributed by atoms with E-state index in [9.17, 15) is 4.39 Å². The molecule has 0 aliphatic heterocycles. The van der Waals surface area contributed by atoms with E-state index in [-0.39, 0.29) is 11.5 Å². The Morgan fingerprint density at radius 1 is 1.46 bits per heavy atom. The molecule has 0 aliphatic carbocycles. The van der Waals surface area contributed by atoms with Crippen LogP contribution in [0.15, 0.2) is 18.3 Å². The van der Waals surface area contributed by atoms with E-state index in [0.717, 1.165) is 0 Å². The molecule has 2 heterocycles. The normalized spacial score (nSPS) is 10.2. The molecule has 0 radical (unpaired) electrons. The molecule has 6 heteroatoms. The van der Waals surface area contributed by atoms with Gasteiger partial charge in [0.05, 0.1) is 0 Å². The first kappa shape index (κ1) is 7.66. The second kappa shape index (κ2) is 2.81. The minimum absolute atomic E-state index is 0.158. The zero-order valence-electron chi connectivity index (χ0n) is 6.53. The molecule has 66 valence electrons. The minimum Gasteiger partial charge on any atom is -0.380 e. The molecule has 0 aromatic carbocycles. The maximum Gasteiger partial charge on any atom is 0.194 e. The van der Waals surface area contributed by atoms with Gasteiger partial charge in [0, 0.05) is 6.20 Å². The lowest BCUT2D eigenvalue weighted by Gasteiger charge is -1.92. The molecule has 0 fully saturated rings. The van der Waals surface area contributed by atoms with Gasteiger partial charge in [-0.1, -0.05) is 0 Å². The summed E-state index contributed by atoms with van der Waals surface area (Å²) in [5, 5.41) is 13.3. The molecular formula is C7H6FN5. The molecule has 0 amide bonds. The highest BCUT2D eigenvalue weighted by atomic mass is 19.1. The molecule has 0 aliphatic rings. The Bertz CT molecular complexity index is 410. The van der Waals surface area contributed by atoms with Crippen LogP contribution >= 0.6 is 0 Å². The summed E-state index contributed by atoms with van der Waals surface area (Å²) in [5.41, 5.74) is 5.75. The standard InChI is InChI=1S/C7H6FN5/c8-5-6(12-13-7(5)9)4-2-1-3-10-11-4/h1-3H,(H3,9,12,13). The molecule has 2 aromatic rings. The average Bonchev–Trinajstić information content (AvgIpc) is 2.49. The highest BCUT2D eigenvalue weighted by molar-refractivity contribution is 5.58. The van der Waals surface area contributed by atoms with Crippen molar-refractivity contribution in [1.29, 1.82) is 0 Å². The minimum atomic E-state index is -0.597. The number of nitrogens with zero attached hydrogens (tertiary/aromatic N) is 3. The van der Waals surface area contributed by atoms with Gasteiger partial charge in [-0.25, -0.2) is 4.39 Å². The molecule has 0 bridgehead atoms. The van der Waals surface area contributed by atoms with Crippen LogP contribution in [-0.2, 0) is 0 Å². The molecule has 5 nitrogen and oxygen atoms in total. The fourth-order valence-corrected chi connectivity index (χ4v) is 0.947. The third-order valence-electron chi connectivity index (χ3n) is 1.56. The summed E-state index contributed by atoms with van der Waals surface area (Å²) in [6, 6.07) is 3.27. The largest absolute Gasteiger partial charge is 0.380 e. The number of nitrogens with two attached hydrogens (primary N) is 1. The summed E-state index contributed by atoms with van der Waals surface area (Å²) in [4.78, 5) is 0. The van der Waals surface area contributed by atoms with Crippen molar-refractivity contribution in [3.8, 4) is 11.4 Å². The lowest BCUT2D eigenvalue weighted by molar-refractivity contribution is 0.635. The predicted octanol–water partition coefficient (Wildman–Crippen LogP) is 0.588. The SMILES string of the molecule is Nc1n[nH]c(-c2cccnn2)c1F. The molecule has 0 saturated carbocycles. The van der Waals surface area contributed by atoms with Crippen molar-refractivity contribution in [2.24, 2.45) is 0 Å². The lowest BCUT2D eigenvalue weighted by atomic mass is 10.3. The fourth-order valence-electron chi connectivity index (χ4n) is 0.947. The molecule has 0 spiro atoms. The summed E-state index contributed by atoms with van der Waals surface area (Å²) in [6.45, 7) is 0. The number of H-pyrrole nitrogens is 1. The van der Waals surface area contributed by atoms with Crippen molar-refractivity contribution >= 4 is 5.82 Å². The van der Waals surface area contributed by atoms with Crippen LogP contribution in [0.25, 0.3) is 11.4 Å². The molecule has 0 atom stereocenters. The number of hydrogen-bond donors (Lipinski definition) is 2. The first-order chi connectivity index (χ1) is 6.29. The Kier molecular flexibility index (Phi) is 1.66. The van der Waals surface area contributed by atoms with Crippen molar-refractivity contribution in [2.75, 3.05) is 5.73 Å². The Morgan fingerprint density at radius 2 is 2.31 bits per heavy atom. The monoisotopic (exact) mass is 179 g/mol. The molecule has 0 saturated heterocycles. The van der Waals surface area contributed by atoms with Crippen LogP contribution in [0.1, 0.15) is 0 Å². The van der Waals surface area contributed by atoms with Crippen LogP contribution in [0.2, 0.25) is 0 Å². The summed E-state index contributed by atoms with van der Waals surface area (Å²) >= 11 is 0. The van der Waals surface area contributed by atoms with E-state index in [4.69, 9.17) is 5.73 Å². The number of anilines is 1. The van der Waals surface area contributed by atoms with Gasteiger partial charge in [0.1, 0.15) is 11.4 Å². The first-order valence-electron chi connectivity index (χ1n) is 3.56. The van der Waals surface area contributed by atoms with E-state index in [0.29, 0.717) is 5.69 Å². The van der Waals surface area contributed by atoms with Crippen LogP contribution in [-0.4, -0.2) is 20.4 Å². The summed E-state index contributed by atoms with van der Waals surface area (Å²) in [5.74, 6) is -0.763. The van der Waals surface area contributed by atoms with Gasteiger partial charge >= 0.3 is 0 Å². The quantitative estimate of drug-likeness (QED) is 0.671. The van der Waals surface area contributed by atoms with Gasteiger partial charge in [-0.2, -0.15) is 10.2 Å². The highest BCUT2D eigenvalue weighted by Crippen LogP contribution is 2.20. The highest BCUT2D eigenvalue weighted by Gasteiger charge is 2.12. The van der Waals surface area contributed by atoms with Gasteiger partial charge in [-0.15, -0.1) is 5.10 Å². The number of rotatable bonds is 1. The van der Waals surface area contributed by atoms with Gasteiger partial charge in [0.15, 0.2) is 11.6 Å². The number of hydrogen-bond acceptors (Lipinski definition) is 4. The lowest BCUT2D eigenvalue weighted by Crippen LogP contribution is -1.89. The average molecular weight is 179 g/mol. The number of halogens is 1. The number of aromatic nitrogens is 4. The first-order valence-corrected chi connectivity index (χ1v) is 3.56. The van der Waals surface area contributed by atoms with E-state index in [1.807, 2.05) is 0 Å². The Labute approximate surface area is 72.8 Å². The Balaban J connectivity index is 2.53. The van der Waals surface area contributed by atoms with E-state index < -0.39 is 5.82 Å². The topological polar surface area (TPSA) is 80.5 Å². The van der Waals surface area contributed by atoms with Crippen molar-refractivity contribution in [2.45, 2.75) is 0 Å². The molecule has 3 N–H and O–H groups in total. The van der Waals surface area contributed by atoms with E-state index >= 15 is 0 Å². The molecule has 2 rings (SSSR count).